The maximum Gasteiger partial charge on any atom is 0.269 e. The lowest BCUT2D eigenvalue weighted by molar-refractivity contribution is -0.384. The SMILES string of the molecule is C[B]c1cc([N+](=O)[O-])cc2ccn(C)c12. The normalized spacial score (nSPS) is 10.5. The van der Waals surface area contributed by atoms with Crippen molar-refractivity contribution in [2.24, 2.45) is 7.05 Å². The minimum atomic E-state index is -0.362. The van der Waals surface area contributed by atoms with E-state index in [0.29, 0.717) is 0 Å². The average Bonchev–Trinajstić information content (AvgIpc) is 2.59. The Morgan fingerprint density at radius 3 is 2.80 bits per heavy atom. The van der Waals surface area contributed by atoms with Gasteiger partial charge in [0.25, 0.3) is 5.69 Å². The smallest absolute Gasteiger partial charge is 0.269 e. The highest BCUT2D eigenvalue weighted by Gasteiger charge is 2.12. The Balaban J connectivity index is 2.79. The molecule has 0 unspecified atom stereocenters. The van der Waals surface area contributed by atoms with Crippen LogP contribution in [0.2, 0.25) is 6.82 Å². The van der Waals surface area contributed by atoms with E-state index in [2.05, 4.69) is 0 Å². The molecule has 0 aliphatic heterocycles. The zero-order chi connectivity index (χ0) is 11.0. The molecule has 4 nitrogen and oxygen atoms in total. The molecule has 0 N–H and O–H groups in total. The van der Waals surface area contributed by atoms with Crippen LogP contribution in [0.5, 0.6) is 0 Å². The van der Waals surface area contributed by atoms with E-state index in [0.717, 1.165) is 16.4 Å². The molecule has 0 amide bonds. The fraction of sp³-hybridized carbons (Fsp3) is 0.200. The van der Waals surface area contributed by atoms with Crippen LogP contribution in [0.1, 0.15) is 0 Å². The van der Waals surface area contributed by atoms with Crippen molar-refractivity contribution < 1.29 is 4.92 Å². The molecule has 0 fully saturated rings. The third-order valence-corrected chi connectivity index (χ3v) is 2.51. The molecule has 75 valence electrons. The summed E-state index contributed by atoms with van der Waals surface area (Å²) in [5.74, 6) is 0. The maximum absolute atomic E-state index is 10.7. The number of nitro groups is 1. The van der Waals surface area contributed by atoms with Gasteiger partial charge in [-0.25, -0.2) is 0 Å². The Bertz CT molecular complexity index is 533. The summed E-state index contributed by atoms with van der Waals surface area (Å²) in [5, 5.41) is 11.6. The number of hydrogen-bond donors (Lipinski definition) is 0. The molecule has 1 aromatic heterocycles. The average molecular weight is 201 g/mol. The second-order valence-corrected chi connectivity index (χ2v) is 3.45. The number of hydrogen-bond acceptors (Lipinski definition) is 2. The highest BCUT2D eigenvalue weighted by atomic mass is 16.6. The van der Waals surface area contributed by atoms with E-state index in [1.54, 1.807) is 12.1 Å². The van der Waals surface area contributed by atoms with Crippen molar-refractivity contribution in [2.45, 2.75) is 6.82 Å². The summed E-state index contributed by atoms with van der Waals surface area (Å²) >= 11 is 0. The van der Waals surface area contributed by atoms with Crippen LogP contribution < -0.4 is 5.46 Å². The lowest BCUT2D eigenvalue weighted by Gasteiger charge is -2.03. The fourth-order valence-electron chi connectivity index (χ4n) is 1.79. The molecule has 2 rings (SSSR count). The Morgan fingerprint density at radius 2 is 2.20 bits per heavy atom. The lowest BCUT2D eigenvalue weighted by atomic mass is 9.72. The van der Waals surface area contributed by atoms with Crippen LogP contribution in [0.4, 0.5) is 5.69 Å². The summed E-state index contributed by atoms with van der Waals surface area (Å²) in [5.41, 5.74) is 2.07. The molecule has 1 aromatic carbocycles. The summed E-state index contributed by atoms with van der Waals surface area (Å²) in [6, 6.07) is 5.08. The van der Waals surface area contributed by atoms with Crippen molar-refractivity contribution >= 4 is 29.3 Å². The number of non-ortho nitro benzene ring substituents is 1. The van der Waals surface area contributed by atoms with Gasteiger partial charge in [-0.05, 0) is 6.07 Å². The highest BCUT2D eigenvalue weighted by molar-refractivity contribution is 6.55. The second-order valence-electron chi connectivity index (χ2n) is 3.45. The van der Waals surface area contributed by atoms with Crippen molar-refractivity contribution in [3.05, 3.63) is 34.5 Å². The molecule has 1 heterocycles. The van der Waals surface area contributed by atoms with Crippen molar-refractivity contribution in [2.75, 3.05) is 0 Å². The van der Waals surface area contributed by atoms with Crippen LogP contribution in [0, 0.1) is 10.1 Å². The third kappa shape index (κ3) is 1.50. The standard InChI is InChI=1S/C10H10BN2O2/c1-11-9-6-8(13(14)15)5-7-3-4-12(2)10(7)9/h3-6H,1-2H3. The molecule has 15 heavy (non-hydrogen) atoms. The number of rotatable bonds is 2. The summed E-state index contributed by atoms with van der Waals surface area (Å²) in [6.45, 7) is 1.88. The van der Waals surface area contributed by atoms with Crippen LogP contribution in [-0.4, -0.2) is 16.8 Å². The molecule has 0 saturated carbocycles. The predicted octanol–water partition coefficient (Wildman–Crippen LogP) is 1.46. The second kappa shape index (κ2) is 3.42. The minimum Gasteiger partial charge on any atom is -0.351 e. The van der Waals surface area contributed by atoms with Gasteiger partial charge in [0.15, 0.2) is 7.28 Å². The zero-order valence-electron chi connectivity index (χ0n) is 8.60. The number of aryl methyl sites for hydroxylation is 1. The van der Waals surface area contributed by atoms with Gasteiger partial charge in [0.1, 0.15) is 0 Å². The van der Waals surface area contributed by atoms with Crippen LogP contribution in [0.15, 0.2) is 24.4 Å². The van der Waals surface area contributed by atoms with E-state index in [1.165, 1.54) is 0 Å². The van der Waals surface area contributed by atoms with Gasteiger partial charge in [-0.1, -0.05) is 12.3 Å². The van der Waals surface area contributed by atoms with Gasteiger partial charge in [0, 0.05) is 36.3 Å². The first-order chi connectivity index (χ1) is 7.13. The van der Waals surface area contributed by atoms with Gasteiger partial charge >= 0.3 is 0 Å². The van der Waals surface area contributed by atoms with E-state index in [1.807, 2.05) is 38.0 Å². The minimum absolute atomic E-state index is 0.141. The number of fused-ring (bicyclic) bond motifs is 1. The van der Waals surface area contributed by atoms with Crippen molar-refractivity contribution in [3.63, 3.8) is 0 Å². The first kappa shape index (κ1) is 9.77. The Hall–Kier alpha value is -1.78. The van der Waals surface area contributed by atoms with E-state index >= 15 is 0 Å². The van der Waals surface area contributed by atoms with Crippen LogP contribution >= 0.6 is 0 Å². The van der Waals surface area contributed by atoms with Gasteiger partial charge in [0.05, 0.1) is 4.92 Å². The molecule has 2 aromatic rings. The Labute approximate surface area is 87.9 Å². The molecule has 0 saturated heterocycles. The molecule has 0 atom stereocenters. The number of aromatic nitrogens is 1. The largest absolute Gasteiger partial charge is 0.351 e. The van der Waals surface area contributed by atoms with Gasteiger partial charge in [-0.2, -0.15) is 0 Å². The van der Waals surface area contributed by atoms with Gasteiger partial charge in [-0.15, -0.1) is 0 Å². The van der Waals surface area contributed by atoms with E-state index < -0.39 is 0 Å². The molecule has 0 aliphatic rings. The molecular weight excluding hydrogens is 191 g/mol. The topological polar surface area (TPSA) is 48.1 Å². The van der Waals surface area contributed by atoms with Crippen molar-refractivity contribution in [3.8, 4) is 0 Å². The van der Waals surface area contributed by atoms with E-state index in [9.17, 15) is 10.1 Å². The number of nitro benzene ring substituents is 1. The number of benzene rings is 1. The van der Waals surface area contributed by atoms with Crippen molar-refractivity contribution in [1.29, 1.82) is 0 Å². The maximum atomic E-state index is 10.7. The molecule has 0 bridgehead atoms. The first-order valence-electron chi connectivity index (χ1n) is 4.66. The summed E-state index contributed by atoms with van der Waals surface area (Å²) in [7, 11) is 3.82. The lowest BCUT2D eigenvalue weighted by Crippen LogP contribution is -2.14. The van der Waals surface area contributed by atoms with Crippen LogP contribution in [0.25, 0.3) is 10.9 Å². The summed E-state index contributed by atoms with van der Waals surface area (Å²) in [4.78, 5) is 10.3. The predicted molar refractivity (Wildman–Crippen MR) is 60.8 cm³/mol. The molecule has 0 aliphatic carbocycles. The number of nitrogens with zero attached hydrogens (tertiary/aromatic N) is 2. The molecule has 0 spiro atoms. The summed E-state index contributed by atoms with van der Waals surface area (Å²) < 4.78 is 1.97. The first-order valence-corrected chi connectivity index (χ1v) is 4.66. The van der Waals surface area contributed by atoms with Crippen molar-refractivity contribution in [1.82, 2.24) is 4.57 Å². The van der Waals surface area contributed by atoms with Crippen LogP contribution in [0.3, 0.4) is 0 Å². The quantitative estimate of drug-likeness (QED) is 0.419. The Kier molecular flexibility index (Phi) is 2.23. The third-order valence-electron chi connectivity index (χ3n) is 2.51. The van der Waals surface area contributed by atoms with Crippen LogP contribution in [-0.2, 0) is 7.05 Å². The highest BCUT2D eigenvalue weighted by Crippen LogP contribution is 2.19. The summed E-state index contributed by atoms with van der Waals surface area (Å²) in [6.07, 6.45) is 1.90. The molecule has 5 heteroatoms. The van der Waals surface area contributed by atoms with Gasteiger partial charge in [0.2, 0.25) is 0 Å². The van der Waals surface area contributed by atoms with E-state index in [-0.39, 0.29) is 10.6 Å². The Morgan fingerprint density at radius 1 is 1.47 bits per heavy atom. The zero-order valence-corrected chi connectivity index (χ0v) is 8.60. The molecule has 1 radical (unpaired) electrons. The van der Waals surface area contributed by atoms with Gasteiger partial charge < -0.3 is 4.57 Å². The van der Waals surface area contributed by atoms with Gasteiger partial charge in [-0.3, -0.25) is 10.1 Å². The fourth-order valence-corrected chi connectivity index (χ4v) is 1.79. The molecular formula is C10H10BN2O2. The monoisotopic (exact) mass is 201 g/mol. The van der Waals surface area contributed by atoms with E-state index in [4.69, 9.17) is 0 Å².